The Labute approximate surface area is 84.9 Å². The largest absolute Gasteiger partial charge is 0.478 e. The number of carboxylic acids is 1. The summed E-state index contributed by atoms with van der Waals surface area (Å²) in [6.45, 7) is 0. The maximum absolute atomic E-state index is 11.1. The van der Waals surface area contributed by atoms with Crippen molar-refractivity contribution in [1.82, 2.24) is 0 Å². The number of aliphatic hydroxyl groups excluding tert-OH is 1. The van der Waals surface area contributed by atoms with Crippen LogP contribution in [0, 0.1) is 0 Å². The highest BCUT2D eigenvalue weighted by Gasteiger charge is 2.37. The fraction of sp³-hybridized carbons (Fsp3) is 0.200. The Kier molecular flexibility index (Phi) is 2.17. The molecule has 1 aromatic rings. The van der Waals surface area contributed by atoms with E-state index < -0.39 is 24.1 Å². The molecule has 0 aliphatic carbocycles. The number of hydrogen-bond donors (Lipinski definition) is 2. The average molecular weight is 208 g/mol. The Morgan fingerprint density at radius 2 is 1.87 bits per heavy atom. The van der Waals surface area contributed by atoms with E-state index in [4.69, 9.17) is 5.11 Å². The van der Waals surface area contributed by atoms with Crippen molar-refractivity contribution in [3.05, 3.63) is 35.4 Å². The number of benzene rings is 1. The average Bonchev–Trinajstić information content (AvgIpc) is 2.23. The van der Waals surface area contributed by atoms with Gasteiger partial charge in [-0.25, -0.2) is 9.59 Å². The number of esters is 1. The molecule has 0 radical (unpaired) electrons. The molecular weight excluding hydrogens is 200 g/mol. The first kappa shape index (κ1) is 9.67. The van der Waals surface area contributed by atoms with Crippen LogP contribution in [0.5, 0.6) is 0 Å². The lowest BCUT2D eigenvalue weighted by Gasteiger charge is -2.25. The van der Waals surface area contributed by atoms with Gasteiger partial charge in [0.1, 0.15) is 0 Å². The first-order valence-electron chi connectivity index (χ1n) is 4.31. The lowest BCUT2D eigenvalue weighted by molar-refractivity contribution is -0.174. The molecule has 0 saturated heterocycles. The van der Waals surface area contributed by atoms with Crippen LogP contribution < -0.4 is 0 Å². The maximum atomic E-state index is 11.1. The number of cyclic esters (lactones) is 1. The van der Waals surface area contributed by atoms with Crippen molar-refractivity contribution < 1.29 is 24.5 Å². The van der Waals surface area contributed by atoms with Crippen molar-refractivity contribution in [1.29, 1.82) is 0 Å². The second-order valence-corrected chi connectivity index (χ2v) is 3.19. The van der Waals surface area contributed by atoms with E-state index in [2.05, 4.69) is 4.74 Å². The molecule has 2 atom stereocenters. The minimum atomic E-state index is -1.39. The molecule has 15 heavy (non-hydrogen) atoms. The molecule has 0 amide bonds. The molecule has 1 aromatic carbocycles. The summed E-state index contributed by atoms with van der Waals surface area (Å²) in [6, 6.07) is 6.28. The van der Waals surface area contributed by atoms with E-state index in [0.717, 1.165) is 0 Å². The standard InChI is InChI=1S/C10H8O5/c11-7-5-3-1-2-4-6(5)8(9(12)13)15-10(7)14/h1-4,7-8,11H,(H,12,13)/t7-,8-/m1/s1. The molecule has 1 aliphatic heterocycles. The first-order valence-corrected chi connectivity index (χ1v) is 4.31. The summed E-state index contributed by atoms with van der Waals surface area (Å²) in [4.78, 5) is 21.9. The Morgan fingerprint density at radius 3 is 2.47 bits per heavy atom. The zero-order valence-corrected chi connectivity index (χ0v) is 7.58. The highest BCUT2D eigenvalue weighted by Crippen LogP contribution is 2.33. The van der Waals surface area contributed by atoms with Crippen molar-refractivity contribution >= 4 is 11.9 Å². The quantitative estimate of drug-likeness (QED) is 0.653. The summed E-state index contributed by atoms with van der Waals surface area (Å²) in [5.41, 5.74) is 0.609. The van der Waals surface area contributed by atoms with Gasteiger partial charge in [0.15, 0.2) is 6.10 Å². The Balaban J connectivity index is 2.54. The van der Waals surface area contributed by atoms with Crippen molar-refractivity contribution in [2.24, 2.45) is 0 Å². The van der Waals surface area contributed by atoms with E-state index in [9.17, 15) is 14.7 Å². The smallest absolute Gasteiger partial charge is 0.349 e. The minimum Gasteiger partial charge on any atom is -0.478 e. The number of rotatable bonds is 1. The molecule has 0 unspecified atom stereocenters. The highest BCUT2D eigenvalue weighted by molar-refractivity contribution is 5.86. The van der Waals surface area contributed by atoms with Crippen molar-refractivity contribution in [3.8, 4) is 0 Å². The third-order valence-electron chi connectivity index (χ3n) is 2.25. The summed E-state index contributed by atoms with van der Waals surface area (Å²) in [7, 11) is 0. The number of carboxylic acid groups (broad SMARTS) is 1. The van der Waals surface area contributed by atoms with E-state index in [1.807, 2.05) is 0 Å². The Morgan fingerprint density at radius 1 is 1.27 bits per heavy atom. The molecule has 0 fully saturated rings. The monoisotopic (exact) mass is 208 g/mol. The molecule has 5 heteroatoms. The molecule has 5 nitrogen and oxygen atoms in total. The Hall–Kier alpha value is -1.88. The van der Waals surface area contributed by atoms with Crippen LogP contribution in [0.4, 0.5) is 0 Å². The molecule has 2 N–H and O–H groups in total. The van der Waals surface area contributed by atoms with Crippen LogP contribution in [-0.2, 0) is 14.3 Å². The number of carbonyl (C=O) groups is 2. The van der Waals surface area contributed by atoms with E-state index in [1.165, 1.54) is 12.1 Å². The molecule has 1 heterocycles. The molecule has 2 rings (SSSR count). The van der Waals surface area contributed by atoms with E-state index >= 15 is 0 Å². The number of ether oxygens (including phenoxy) is 1. The second-order valence-electron chi connectivity index (χ2n) is 3.19. The van der Waals surface area contributed by atoms with Gasteiger partial charge in [-0.05, 0) is 5.56 Å². The molecule has 0 aromatic heterocycles. The number of fused-ring (bicyclic) bond motifs is 1. The van der Waals surface area contributed by atoms with Gasteiger partial charge < -0.3 is 14.9 Å². The summed E-state index contributed by atoms with van der Waals surface area (Å²) in [6.07, 6.45) is -2.71. The van der Waals surface area contributed by atoms with E-state index in [1.54, 1.807) is 12.1 Å². The minimum absolute atomic E-state index is 0.293. The van der Waals surface area contributed by atoms with Crippen LogP contribution in [-0.4, -0.2) is 22.2 Å². The molecule has 78 valence electrons. The van der Waals surface area contributed by atoms with Gasteiger partial charge >= 0.3 is 11.9 Å². The summed E-state index contributed by atoms with van der Waals surface area (Å²) >= 11 is 0. The van der Waals surface area contributed by atoms with Crippen LogP contribution >= 0.6 is 0 Å². The van der Waals surface area contributed by atoms with Crippen LogP contribution in [0.3, 0.4) is 0 Å². The SMILES string of the molecule is O=C1O[C@@H](C(=O)O)c2ccccc2[C@H]1O. The van der Waals surface area contributed by atoms with Gasteiger partial charge in [0.05, 0.1) is 0 Å². The lowest BCUT2D eigenvalue weighted by Crippen LogP contribution is -2.30. The van der Waals surface area contributed by atoms with Crippen LogP contribution in [0.2, 0.25) is 0 Å². The van der Waals surface area contributed by atoms with Gasteiger partial charge in [-0.3, -0.25) is 0 Å². The zero-order chi connectivity index (χ0) is 11.0. The predicted molar refractivity (Wildman–Crippen MR) is 47.9 cm³/mol. The van der Waals surface area contributed by atoms with Crippen LogP contribution in [0.1, 0.15) is 23.3 Å². The fourth-order valence-corrected chi connectivity index (χ4v) is 1.55. The van der Waals surface area contributed by atoms with Gasteiger partial charge in [-0.2, -0.15) is 0 Å². The molecular formula is C10H8O5. The summed E-state index contributed by atoms with van der Waals surface area (Å²) < 4.78 is 4.60. The Bertz CT molecular complexity index is 426. The predicted octanol–water partition coefficient (Wildman–Crippen LogP) is 0.403. The number of aliphatic hydroxyl groups is 1. The summed E-state index contributed by atoms with van der Waals surface area (Å²) in [5, 5.41) is 18.3. The molecule has 0 spiro atoms. The van der Waals surface area contributed by atoms with Crippen molar-refractivity contribution in [2.75, 3.05) is 0 Å². The van der Waals surface area contributed by atoms with Gasteiger partial charge in [0, 0.05) is 5.56 Å². The lowest BCUT2D eigenvalue weighted by atomic mass is 9.95. The van der Waals surface area contributed by atoms with Gasteiger partial charge in [0.2, 0.25) is 6.10 Å². The van der Waals surface area contributed by atoms with E-state index in [-0.39, 0.29) is 0 Å². The van der Waals surface area contributed by atoms with E-state index in [0.29, 0.717) is 11.1 Å². The summed E-state index contributed by atoms with van der Waals surface area (Å²) in [5.74, 6) is -2.18. The van der Waals surface area contributed by atoms with Gasteiger partial charge in [-0.1, -0.05) is 24.3 Å². The zero-order valence-electron chi connectivity index (χ0n) is 7.58. The third-order valence-corrected chi connectivity index (χ3v) is 2.25. The second kappa shape index (κ2) is 3.36. The van der Waals surface area contributed by atoms with Crippen molar-refractivity contribution in [3.63, 3.8) is 0 Å². The fourth-order valence-electron chi connectivity index (χ4n) is 1.55. The molecule has 0 saturated carbocycles. The number of hydrogen-bond acceptors (Lipinski definition) is 4. The van der Waals surface area contributed by atoms with Crippen LogP contribution in [0.25, 0.3) is 0 Å². The highest BCUT2D eigenvalue weighted by atomic mass is 16.6. The normalized spacial score (nSPS) is 24.2. The maximum Gasteiger partial charge on any atom is 0.349 e. The van der Waals surface area contributed by atoms with Gasteiger partial charge in [-0.15, -0.1) is 0 Å². The van der Waals surface area contributed by atoms with Crippen molar-refractivity contribution in [2.45, 2.75) is 12.2 Å². The first-order chi connectivity index (χ1) is 7.11. The van der Waals surface area contributed by atoms with Gasteiger partial charge in [0.25, 0.3) is 0 Å². The molecule has 1 aliphatic rings. The number of aliphatic carboxylic acids is 1. The van der Waals surface area contributed by atoms with Crippen LogP contribution in [0.15, 0.2) is 24.3 Å². The topological polar surface area (TPSA) is 83.8 Å². The third kappa shape index (κ3) is 1.46. The number of carbonyl (C=O) groups excluding carboxylic acids is 1. The molecule has 0 bridgehead atoms.